The van der Waals surface area contributed by atoms with E-state index in [2.05, 4.69) is 47.7 Å². The Kier molecular flexibility index (Phi) is 5.97. The van der Waals surface area contributed by atoms with Crippen molar-refractivity contribution in [3.63, 3.8) is 0 Å². The maximum absolute atomic E-state index is 11.6. The summed E-state index contributed by atoms with van der Waals surface area (Å²) in [6, 6.07) is 5.65. The largest absolute Gasteiger partial charge is 0.416 e. The Morgan fingerprint density at radius 3 is 1.96 bits per heavy atom. The molecular weight excluding hydrogens is 330 g/mol. The molecule has 0 bridgehead atoms. The Morgan fingerprint density at radius 1 is 1.04 bits per heavy atom. The van der Waals surface area contributed by atoms with Crippen molar-refractivity contribution in [3.8, 4) is 0 Å². The SMILES string of the molecule is CC(C)(C)c1ccc(C(C)(C)CO[Si](C)(C)C(C)(C)C)cc1[N+](=O)[O-]. The first-order valence-electron chi connectivity index (χ1n) is 8.92. The fraction of sp³-hybridized carbons (Fsp3) is 0.700. The third-order valence-corrected chi connectivity index (χ3v) is 9.86. The number of benzene rings is 1. The van der Waals surface area contributed by atoms with Gasteiger partial charge in [0.05, 0.1) is 4.92 Å². The summed E-state index contributed by atoms with van der Waals surface area (Å²) in [6.45, 7) is 21.9. The van der Waals surface area contributed by atoms with Crippen LogP contribution in [-0.4, -0.2) is 19.8 Å². The molecule has 0 spiro atoms. The Bertz CT molecular complexity index is 637. The highest BCUT2D eigenvalue weighted by Crippen LogP contribution is 2.39. The van der Waals surface area contributed by atoms with Crippen LogP contribution < -0.4 is 0 Å². The van der Waals surface area contributed by atoms with Gasteiger partial charge in [0.2, 0.25) is 0 Å². The van der Waals surface area contributed by atoms with Gasteiger partial charge in [-0.15, -0.1) is 0 Å². The molecule has 0 atom stereocenters. The normalized spacial score (nSPS) is 13.8. The van der Waals surface area contributed by atoms with Gasteiger partial charge in [-0.3, -0.25) is 10.1 Å². The molecule has 0 heterocycles. The van der Waals surface area contributed by atoms with Crippen LogP contribution in [0.15, 0.2) is 18.2 Å². The molecule has 0 aliphatic carbocycles. The van der Waals surface area contributed by atoms with Crippen LogP contribution >= 0.6 is 0 Å². The number of hydrogen-bond acceptors (Lipinski definition) is 3. The average Bonchev–Trinajstić information content (AvgIpc) is 2.42. The van der Waals surface area contributed by atoms with Crippen molar-refractivity contribution in [1.82, 2.24) is 0 Å². The summed E-state index contributed by atoms with van der Waals surface area (Å²) < 4.78 is 6.38. The molecule has 1 aromatic rings. The molecule has 0 aromatic heterocycles. The van der Waals surface area contributed by atoms with Crippen molar-refractivity contribution in [3.05, 3.63) is 39.4 Å². The van der Waals surface area contributed by atoms with Crippen molar-refractivity contribution in [2.75, 3.05) is 6.61 Å². The van der Waals surface area contributed by atoms with Gasteiger partial charge in [0.1, 0.15) is 0 Å². The first-order valence-corrected chi connectivity index (χ1v) is 11.8. The molecule has 25 heavy (non-hydrogen) atoms. The highest BCUT2D eigenvalue weighted by atomic mass is 28.4. The van der Waals surface area contributed by atoms with E-state index in [1.807, 2.05) is 32.9 Å². The molecule has 0 aliphatic heterocycles. The number of nitro benzene ring substituents is 1. The van der Waals surface area contributed by atoms with Crippen LogP contribution in [0.5, 0.6) is 0 Å². The zero-order valence-electron chi connectivity index (χ0n) is 17.6. The summed E-state index contributed by atoms with van der Waals surface area (Å²) in [4.78, 5) is 11.3. The Morgan fingerprint density at radius 2 is 1.56 bits per heavy atom. The second-order valence-electron chi connectivity index (χ2n) is 10.2. The zero-order valence-corrected chi connectivity index (χ0v) is 18.6. The van der Waals surface area contributed by atoms with E-state index in [-0.39, 0.29) is 26.5 Å². The lowest BCUT2D eigenvalue weighted by Gasteiger charge is -2.39. The smallest absolute Gasteiger partial charge is 0.273 e. The molecule has 142 valence electrons. The lowest BCUT2D eigenvalue weighted by molar-refractivity contribution is -0.386. The molecule has 1 aromatic carbocycles. The number of nitrogens with zero attached hydrogens (tertiary/aromatic N) is 1. The van der Waals surface area contributed by atoms with Crippen molar-refractivity contribution >= 4 is 14.0 Å². The molecule has 0 saturated heterocycles. The maximum Gasteiger partial charge on any atom is 0.273 e. The van der Waals surface area contributed by atoms with Gasteiger partial charge in [-0.05, 0) is 29.1 Å². The quantitative estimate of drug-likeness (QED) is 0.355. The Labute approximate surface area is 154 Å². The average molecular weight is 366 g/mol. The van der Waals surface area contributed by atoms with Crippen molar-refractivity contribution in [1.29, 1.82) is 0 Å². The molecule has 0 aliphatic rings. The topological polar surface area (TPSA) is 52.4 Å². The van der Waals surface area contributed by atoms with Crippen LogP contribution in [0.2, 0.25) is 18.1 Å². The summed E-state index contributed by atoms with van der Waals surface area (Å²) in [7, 11) is -1.86. The van der Waals surface area contributed by atoms with Gasteiger partial charge in [0.15, 0.2) is 8.32 Å². The van der Waals surface area contributed by atoms with Gasteiger partial charge in [-0.2, -0.15) is 0 Å². The highest BCUT2D eigenvalue weighted by Gasteiger charge is 2.39. The minimum Gasteiger partial charge on any atom is -0.416 e. The predicted octanol–water partition coefficient (Wildman–Crippen LogP) is 6.19. The maximum atomic E-state index is 11.6. The second kappa shape index (κ2) is 6.84. The predicted molar refractivity (Wildman–Crippen MR) is 108 cm³/mol. The third kappa shape index (κ3) is 5.14. The number of nitro groups is 1. The monoisotopic (exact) mass is 365 g/mol. The molecule has 0 unspecified atom stereocenters. The van der Waals surface area contributed by atoms with Gasteiger partial charge in [-0.25, -0.2) is 0 Å². The van der Waals surface area contributed by atoms with Gasteiger partial charge in [0, 0.05) is 23.7 Å². The molecule has 1 rings (SSSR count). The summed E-state index contributed by atoms with van der Waals surface area (Å²) in [5.74, 6) is 0. The minimum atomic E-state index is -1.86. The van der Waals surface area contributed by atoms with E-state index in [0.717, 1.165) is 11.1 Å². The summed E-state index contributed by atoms with van der Waals surface area (Å²) >= 11 is 0. The van der Waals surface area contributed by atoms with E-state index in [1.54, 1.807) is 6.07 Å². The third-order valence-electron chi connectivity index (χ3n) is 5.38. The second-order valence-corrected chi connectivity index (χ2v) is 15.0. The summed E-state index contributed by atoms with van der Waals surface area (Å²) in [6.07, 6.45) is 0. The van der Waals surface area contributed by atoms with Gasteiger partial charge in [0.25, 0.3) is 5.69 Å². The number of hydrogen-bond donors (Lipinski definition) is 0. The van der Waals surface area contributed by atoms with E-state index >= 15 is 0 Å². The van der Waals surface area contributed by atoms with Crippen molar-refractivity contribution in [2.24, 2.45) is 0 Å². The van der Waals surface area contributed by atoms with E-state index in [1.165, 1.54) is 0 Å². The Hall–Kier alpha value is -1.20. The number of rotatable bonds is 5. The first kappa shape index (κ1) is 21.8. The minimum absolute atomic E-state index is 0.144. The van der Waals surface area contributed by atoms with Crippen molar-refractivity contribution < 1.29 is 9.35 Å². The molecule has 0 saturated carbocycles. The van der Waals surface area contributed by atoms with Gasteiger partial charge < -0.3 is 4.43 Å². The lowest BCUT2D eigenvalue weighted by Crippen LogP contribution is -2.43. The van der Waals surface area contributed by atoms with Crippen LogP contribution in [0.3, 0.4) is 0 Å². The van der Waals surface area contributed by atoms with Crippen LogP contribution in [0.4, 0.5) is 5.69 Å². The van der Waals surface area contributed by atoms with Crippen molar-refractivity contribution in [2.45, 2.75) is 84.4 Å². The Balaban J connectivity index is 3.18. The highest BCUT2D eigenvalue weighted by molar-refractivity contribution is 6.74. The van der Waals surface area contributed by atoms with Crippen LogP contribution in [0.1, 0.15) is 66.5 Å². The van der Waals surface area contributed by atoms with E-state index < -0.39 is 8.32 Å². The lowest BCUT2D eigenvalue weighted by atomic mass is 9.80. The summed E-state index contributed by atoms with van der Waals surface area (Å²) in [5.41, 5.74) is 1.37. The van der Waals surface area contributed by atoms with E-state index in [0.29, 0.717) is 6.61 Å². The standard InChI is InChI=1S/C20H35NO3Si/c1-18(2,3)16-12-11-15(13-17(16)21(22)23)20(7,8)14-24-25(9,10)19(4,5)6/h11-13H,14H2,1-10H3. The fourth-order valence-electron chi connectivity index (χ4n) is 2.40. The van der Waals surface area contributed by atoms with E-state index in [4.69, 9.17) is 4.43 Å². The molecule has 5 heteroatoms. The zero-order chi connectivity index (χ0) is 19.8. The van der Waals surface area contributed by atoms with Crippen LogP contribution in [0, 0.1) is 10.1 Å². The fourth-order valence-corrected chi connectivity index (χ4v) is 3.55. The molecule has 0 N–H and O–H groups in total. The first-order chi connectivity index (χ1) is 11.0. The molecule has 0 radical (unpaired) electrons. The molecular formula is C20H35NO3Si. The van der Waals surface area contributed by atoms with Gasteiger partial charge in [-0.1, -0.05) is 67.5 Å². The molecule has 4 nitrogen and oxygen atoms in total. The summed E-state index contributed by atoms with van der Waals surface area (Å²) in [5, 5.41) is 11.7. The van der Waals surface area contributed by atoms with Crippen LogP contribution in [-0.2, 0) is 15.3 Å². The van der Waals surface area contributed by atoms with Gasteiger partial charge >= 0.3 is 0 Å². The van der Waals surface area contributed by atoms with Crippen LogP contribution in [0.25, 0.3) is 0 Å². The van der Waals surface area contributed by atoms with E-state index in [9.17, 15) is 10.1 Å². The molecule has 0 fully saturated rings. The molecule has 0 amide bonds.